The van der Waals surface area contributed by atoms with Gasteiger partial charge in [-0.25, -0.2) is 4.98 Å². The monoisotopic (exact) mass is 328 g/mol. The van der Waals surface area contributed by atoms with Crippen LogP contribution in [0.3, 0.4) is 0 Å². The molecule has 1 heterocycles. The maximum Gasteiger partial charge on any atom is 0.255 e. The molecule has 0 aliphatic heterocycles. The van der Waals surface area contributed by atoms with Crippen LogP contribution in [0.2, 0.25) is 0 Å². The first-order chi connectivity index (χ1) is 11.0. The van der Waals surface area contributed by atoms with Crippen LogP contribution in [-0.2, 0) is 0 Å². The molecule has 0 saturated heterocycles. The lowest BCUT2D eigenvalue weighted by Crippen LogP contribution is -2.42. The van der Waals surface area contributed by atoms with E-state index in [-0.39, 0.29) is 18.0 Å². The number of aromatic nitrogens is 1. The van der Waals surface area contributed by atoms with Gasteiger partial charge in [0.05, 0.1) is 10.7 Å². The first-order valence-corrected chi connectivity index (χ1v) is 9.11. The molecule has 0 unspecified atom stereocenters. The maximum atomic E-state index is 13.1. The Balaban J connectivity index is 2.50. The van der Waals surface area contributed by atoms with E-state index < -0.39 is 0 Å². The fourth-order valence-electron chi connectivity index (χ4n) is 2.78. The van der Waals surface area contributed by atoms with Crippen LogP contribution in [0.4, 0.5) is 0 Å². The van der Waals surface area contributed by atoms with Crippen LogP contribution in [0.15, 0.2) is 47.5 Å². The first-order valence-electron chi connectivity index (χ1n) is 7.88. The summed E-state index contributed by atoms with van der Waals surface area (Å²) in [5.41, 5.74) is 2.44. The minimum atomic E-state index is 0.0574. The average molecular weight is 328 g/mol. The van der Waals surface area contributed by atoms with Gasteiger partial charge in [0, 0.05) is 23.2 Å². The fraction of sp³-hybridized carbons (Fsp3) is 0.368. The smallest absolute Gasteiger partial charge is 0.255 e. The predicted molar refractivity (Wildman–Crippen MR) is 97.9 cm³/mol. The Labute approximate surface area is 143 Å². The van der Waals surface area contributed by atoms with E-state index in [1.165, 1.54) is 0 Å². The van der Waals surface area contributed by atoms with Crippen molar-refractivity contribution in [3.05, 3.63) is 48.0 Å². The van der Waals surface area contributed by atoms with E-state index in [0.29, 0.717) is 5.56 Å². The summed E-state index contributed by atoms with van der Waals surface area (Å²) < 4.78 is 0. The summed E-state index contributed by atoms with van der Waals surface area (Å²) in [5, 5.41) is 0.953. The third-order valence-corrected chi connectivity index (χ3v) is 4.36. The van der Waals surface area contributed by atoms with Gasteiger partial charge in [-0.05, 0) is 52.1 Å². The van der Waals surface area contributed by atoms with Crippen molar-refractivity contribution in [3.8, 4) is 11.3 Å². The van der Waals surface area contributed by atoms with Crippen molar-refractivity contribution in [1.29, 1.82) is 0 Å². The minimum Gasteiger partial charge on any atom is -0.334 e. The fourth-order valence-corrected chi connectivity index (χ4v) is 3.18. The van der Waals surface area contributed by atoms with Crippen molar-refractivity contribution < 1.29 is 4.79 Å². The highest BCUT2D eigenvalue weighted by Crippen LogP contribution is 2.26. The average Bonchev–Trinajstić information content (AvgIpc) is 2.54. The second-order valence-corrected chi connectivity index (χ2v) is 6.84. The number of pyridine rings is 1. The molecule has 0 radical (unpaired) electrons. The van der Waals surface area contributed by atoms with Gasteiger partial charge < -0.3 is 4.90 Å². The standard InChI is InChI=1S/C19H24N2OS/c1-13(2)21(14(3)4)19(22)16-10-7-6-9-15(16)17-11-8-12-18(20-17)23-5/h6-14H,1-5H3. The second kappa shape index (κ2) is 7.64. The van der Waals surface area contributed by atoms with Crippen LogP contribution in [0.25, 0.3) is 11.3 Å². The zero-order chi connectivity index (χ0) is 17.0. The van der Waals surface area contributed by atoms with Crippen molar-refractivity contribution in [1.82, 2.24) is 9.88 Å². The molecule has 2 rings (SSSR count). The van der Waals surface area contributed by atoms with Crippen molar-refractivity contribution in [2.45, 2.75) is 44.8 Å². The van der Waals surface area contributed by atoms with Crippen LogP contribution >= 0.6 is 11.8 Å². The lowest BCUT2D eigenvalue weighted by atomic mass is 10.0. The van der Waals surface area contributed by atoms with Crippen molar-refractivity contribution in [2.24, 2.45) is 0 Å². The Hall–Kier alpha value is -1.81. The molecule has 122 valence electrons. The lowest BCUT2D eigenvalue weighted by Gasteiger charge is -2.31. The molecule has 3 nitrogen and oxygen atoms in total. The normalized spacial score (nSPS) is 11.1. The van der Waals surface area contributed by atoms with Crippen molar-refractivity contribution in [2.75, 3.05) is 6.26 Å². The van der Waals surface area contributed by atoms with Gasteiger partial charge in [0.25, 0.3) is 5.91 Å². The van der Waals surface area contributed by atoms with Crippen molar-refractivity contribution in [3.63, 3.8) is 0 Å². The molecule has 1 aromatic carbocycles. The van der Waals surface area contributed by atoms with Gasteiger partial charge in [0.15, 0.2) is 0 Å². The zero-order valence-electron chi connectivity index (χ0n) is 14.4. The summed E-state index contributed by atoms with van der Waals surface area (Å²) in [7, 11) is 0. The van der Waals surface area contributed by atoms with Gasteiger partial charge in [-0.3, -0.25) is 4.79 Å². The van der Waals surface area contributed by atoms with E-state index in [4.69, 9.17) is 0 Å². The third kappa shape index (κ3) is 3.94. The molecule has 4 heteroatoms. The summed E-state index contributed by atoms with van der Waals surface area (Å²) in [6, 6.07) is 14.0. The number of benzene rings is 1. The zero-order valence-corrected chi connectivity index (χ0v) is 15.2. The van der Waals surface area contributed by atoms with Crippen LogP contribution in [0, 0.1) is 0 Å². The van der Waals surface area contributed by atoms with Crippen LogP contribution in [0.5, 0.6) is 0 Å². The largest absolute Gasteiger partial charge is 0.334 e. The highest BCUT2D eigenvalue weighted by atomic mass is 32.2. The third-order valence-electron chi connectivity index (χ3n) is 3.71. The molecule has 2 aromatic rings. The molecule has 0 aliphatic carbocycles. The number of hydrogen-bond donors (Lipinski definition) is 0. The number of hydrogen-bond acceptors (Lipinski definition) is 3. The van der Waals surface area contributed by atoms with Crippen molar-refractivity contribution >= 4 is 17.7 Å². The summed E-state index contributed by atoms with van der Waals surface area (Å²) in [4.78, 5) is 19.6. The van der Waals surface area contributed by atoms with E-state index in [2.05, 4.69) is 4.98 Å². The van der Waals surface area contributed by atoms with Crippen LogP contribution in [-0.4, -0.2) is 34.1 Å². The Morgan fingerprint density at radius 3 is 2.26 bits per heavy atom. The number of carbonyl (C=O) groups excluding carboxylic acids is 1. The summed E-state index contributed by atoms with van der Waals surface area (Å²) >= 11 is 1.60. The number of nitrogens with zero attached hydrogens (tertiary/aromatic N) is 2. The molecule has 0 saturated carbocycles. The highest BCUT2D eigenvalue weighted by molar-refractivity contribution is 7.98. The SMILES string of the molecule is CSc1cccc(-c2ccccc2C(=O)N(C(C)C)C(C)C)n1. The number of rotatable bonds is 5. The van der Waals surface area contributed by atoms with E-state index in [0.717, 1.165) is 16.3 Å². The topological polar surface area (TPSA) is 33.2 Å². The van der Waals surface area contributed by atoms with Gasteiger partial charge in [0.2, 0.25) is 0 Å². The Kier molecular flexibility index (Phi) is 5.83. The molecule has 1 aromatic heterocycles. The maximum absolute atomic E-state index is 13.1. The second-order valence-electron chi connectivity index (χ2n) is 6.01. The Morgan fingerprint density at radius 2 is 1.65 bits per heavy atom. The number of thioether (sulfide) groups is 1. The van der Waals surface area contributed by atoms with E-state index in [1.807, 2.05) is 81.3 Å². The molecule has 0 fully saturated rings. The Bertz CT molecular complexity index is 675. The van der Waals surface area contributed by atoms with Crippen LogP contribution < -0.4 is 0 Å². The van der Waals surface area contributed by atoms with E-state index >= 15 is 0 Å². The number of amides is 1. The quantitative estimate of drug-likeness (QED) is 0.744. The molecule has 0 bridgehead atoms. The molecule has 0 N–H and O–H groups in total. The molecule has 0 spiro atoms. The van der Waals surface area contributed by atoms with Gasteiger partial charge >= 0.3 is 0 Å². The Morgan fingerprint density at radius 1 is 1.00 bits per heavy atom. The molecule has 1 amide bonds. The summed E-state index contributed by atoms with van der Waals surface area (Å²) in [6.45, 7) is 8.19. The summed E-state index contributed by atoms with van der Waals surface area (Å²) in [5.74, 6) is 0.0574. The summed E-state index contributed by atoms with van der Waals surface area (Å²) in [6.07, 6.45) is 2.00. The highest BCUT2D eigenvalue weighted by Gasteiger charge is 2.24. The lowest BCUT2D eigenvalue weighted by molar-refractivity contribution is 0.0644. The van der Waals surface area contributed by atoms with Crippen LogP contribution in [0.1, 0.15) is 38.1 Å². The minimum absolute atomic E-state index is 0.0574. The number of carbonyl (C=O) groups is 1. The molecule has 0 atom stereocenters. The predicted octanol–water partition coefficient (Wildman–Crippen LogP) is 4.73. The van der Waals surface area contributed by atoms with E-state index in [9.17, 15) is 4.79 Å². The van der Waals surface area contributed by atoms with Gasteiger partial charge in [-0.15, -0.1) is 11.8 Å². The molecular formula is C19H24N2OS. The van der Waals surface area contributed by atoms with Gasteiger partial charge in [-0.1, -0.05) is 24.3 Å². The molecule has 0 aliphatic rings. The molecule has 23 heavy (non-hydrogen) atoms. The molecular weight excluding hydrogens is 304 g/mol. The van der Waals surface area contributed by atoms with Gasteiger partial charge in [0.1, 0.15) is 0 Å². The van der Waals surface area contributed by atoms with E-state index in [1.54, 1.807) is 11.8 Å². The van der Waals surface area contributed by atoms with Gasteiger partial charge in [-0.2, -0.15) is 0 Å². The first kappa shape index (κ1) is 17.5.